The van der Waals surface area contributed by atoms with Crippen molar-refractivity contribution in [3.63, 3.8) is 0 Å². The van der Waals surface area contributed by atoms with E-state index in [1.165, 1.54) is 42.8 Å². The molecule has 0 spiro atoms. The topological polar surface area (TPSA) is 88.1 Å². The van der Waals surface area contributed by atoms with E-state index in [0.29, 0.717) is 4.90 Å². The van der Waals surface area contributed by atoms with Gasteiger partial charge in [-0.05, 0) is 53.6 Å². The predicted molar refractivity (Wildman–Crippen MR) is 133 cm³/mol. The molecule has 2 aromatic carbocycles. The van der Waals surface area contributed by atoms with Gasteiger partial charge in [-0.2, -0.15) is 9.59 Å². The summed E-state index contributed by atoms with van der Waals surface area (Å²) < 4.78 is 29.0. The third kappa shape index (κ3) is 7.79. The number of nitrogens with zero attached hydrogens (tertiary/aromatic N) is 1. The van der Waals surface area contributed by atoms with Crippen LogP contribution in [0.5, 0.6) is 0 Å². The first-order valence-electron chi connectivity index (χ1n) is 11.1. The van der Waals surface area contributed by atoms with Crippen molar-refractivity contribution >= 4 is 44.5 Å². The van der Waals surface area contributed by atoms with Crippen LogP contribution in [0.25, 0.3) is 0 Å². The molecule has 0 saturated heterocycles. The monoisotopic (exact) mass is 606 g/mol. The molecule has 0 aliphatic carbocycles. The van der Waals surface area contributed by atoms with Crippen LogP contribution >= 0.6 is 22.6 Å². The number of unbranched alkanes of at least 4 members (excludes halogenated alkanes) is 6. The van der Waals surface area contributed by atoms with Crippen molar-refractivity contribution in [2.45, 2.75) is 62.8 Å². The standard InChI is InChI=1S/C23H31IN2O2S.CO2.ClH/c1-3-4-5-6-7-8-11-16-25-23-19-12-9-10-13-21(19)26(2)29(27,28)22-17-18(24)14-15-20(22)23;2-1-3;/h9-10,12-15,17,23,25H,3-8,11,16H2,1-2H3;;1H. The zero-order valence-electron chi connectivity index (χ0n) is 19.1. The molecule has 1 atom stereocenters. The lowest BCUT2D eigenvalue weighted by atomic mass is 9.96. The number of fused-ring (bicyclic) bond motifs is 2. The van der Waals surface area contributed by atoms with Crippen LogP contribution in [0.4, 0.5) is 5.69 Å². The zero-order chi connectivity index (χ0) is 23.6. The summed E-state index contributed by atoms with van der Waals surface area (Å²) in [4.78, 5) is 16.7. The summed E-state index contributed by atoms with van der Waals surface area (Å²) >= 11 is 2.19. The molecule has 0 bridgehead atoms. The number of halogens is 2. The van der Waals surface area contributed by atoms with Crippen LogP contribution in [0.3, 0.4) is 0 Å². The fourth-order valence-corrected chi connectivity index (χ4v) is 6.30. The Morgan fingerprint density at radius 3 is 2.24 bits per heavy atom. The highest BCUT2D eigenvalue weighted by atomic mass is 127. The van der Waals surface area contributed by atoms with Crippen molar-refractivity contribution in [1.29, 1.82) is 0 Å². The first-order valence-corrected chi connectivity index (χ1v) is 13.6. The van der Waals surface area contributed by atoms with Crippen molar-refractivity contribution in [1.82, 2.24) is 0 Å². The molecule has 3 rings (SSSR count). The first-order chi connectivity index (χ1) is 15.4. The number of quaternary nitrogens is 1. The molecule has 1 heterocycles. The minimum Gasteiger partial charge on any atom is -1.00 e. The number of hydrogen-bond donors (Lipinski definition) is 1. The van der Waals surface area contributed by atoms with Crippen LogP contribution in [0.15, 0.2) is 47.4 Å². The molecular weight excluding hydrogens is 575 g/mol. The highest BCUT2D eigenvalue weighted by molar-refractivity contribution is 14.1. The van der Waals surface area contributed by atoms with Crippen molar-refractivity contribution < 1.29 is 35.7 Å². The summed E-state index contributed by atoms with van der Waals surface area (Å²) in [5.74, 6) is 0. The van der Waals surface area contributed by atoms with Crippen LogP contribution in [0.2, 0.25) is 0 Å². The lowest BCUT2D eigenvalue weighted by Crippen LogP contribution is -3.00. The van der Waals surface area contributed by atoms with Crippen molar-refractivity contribution in [2.75, 3.05) is 17.9 Å². The molecule has 33 heavy (non-hydrogen) atoms. The maximum absolute atomic E-state index is 13.3. The Balaban J connectivity index is 0.00000129. The maximum Gasteiger partial charge on any atom is 0.373 e. The molecule has 9 heteroatoms. The number of para-hydroxylation sites is 1. The second-order valence-corrected chi connectivity index (χ2v) is 11.1. The van der Waals surface area contributed by atoms with Gasteiger partial charge in [0.05, 0.1) is 17.1 Å². The molecule has 2 aromatic rings. The van der Waals surface area contributed by atoms with Crippen LogP contribution in [0.1, 0.15) is 69.0 Å². The molecule has 6 nitrogen and oxygen atoms in total. The van der Waals surface area contributed by atoms with Gasteiger partial charge in [-0.15, -0.1) is 0 Å². The number of nitrogens with two attached hydrogens (primary N) is 1. The minimum atomic E-state index is -3.57. The van der Waals surface area contributed by atoms with E-state index in [2.05, 4.69) is 40.9 Å². The van der Waals surface area contributed by atoms with Gasteiger partial charge in [0, 0.05) is 21.7 Å². The smallest absolute Gasteiger partial charge is 0.373 e. The highest BCUT2D eigenvalue weighted by Crippen LogP contribution is 2.38. The molecule has 0 amide bonds. The number of sulfonamides is 1. The van der Waals surface area contributed by atoms with Gasteiger partial charge in [0.2, 0.25) is 0 Å². The lowest BCUT2D eigenvalue weighted by Gasteiger charge is -2.20. The van der Waals surface area contributed by atoms with Gasteiger partial charge in [-0.1, -0.05) is 63.3 Å². The molecule has 0 fully saturated rings. The van der Waals surface area contributed by atoms with E-state index >= 15 is 0 Å². The Morgan fingerprint density at radius 1 is 0.970 bits per heavy atom. The van der Waals surface area contributed by atoms with Gasteiger partial charge in [-0.3, -0.25) is 4.31 Å². The Hall–Kier alpha value is -1.45. The molecule has 0 aromatic heterocycles. The molecule has 1 unspecified atom stereocenters. The second kappa shape index (κ2) is 14.7. The molecule has 0 saturated carbocycles. The predicted octanol–water partition coefficient (Wildman–Crippen LogP) is 1.25. The van der Waals surface area contributed by atoms with Gasteiger partial charge in [0.1, 0.15) is 6.04 Å². The molecule has 2 N–H and O–H groups in total. The number of anilines is 1. The normalized spacial score (nSPS) is 15.6. The largest absolute Gasteiger partial charge is 1.00 e. The summed E-state index contributed by atoms with van der Waals surface area (Å²) in [5, 5.41) is 2.32. The SMILES string of the molecule is CCCCCCCCC[NH2+]C1c2ccccc2N(C)S(=O)(=O)c2cc(I)ccc21.O=C=O.[Cl-]. The summed E-state index contributed by atoms with van der Waals surface area (Å²) in [6, 6.07) is 13.7. The van der Waals surface area contributed by atoms with Crippen LogP contribution in [-0.4, -0.2) is 28.2 Å². The van der Waals surface area contributed by atoms with Crippen LogP contribution in [0, 0.1) is 3.57 Å². The Morgan fingerprint density at radius 2 is 1.58 bits per heavy atom. The van der Waals surface area contributed by atoms with E-state index in [4.69, 9.17) is 9.59 Å². The summed E-state index contributed by atoms with van der Waals surface area (Å²) in [6.07, 6.45) is 9.23. The van der Waals surface area contributed by atoms with Crippen LogP contribution < -0.4 is 22.0 Å². The van der Waals surface area contributed by atoms with Gasteiger partial charge in [0.25, 0.3) is 10.0 Å². The fraction of sp³-hybridized carbons (Fsp3) is 0.458. The van der Waals surface area contributed by atoms with E-state index in [9.17, 15) is 8.42 Å². The quantitative estimate of drug-likeness (QED) is 0.344. The van der Waals surface area contributed by atoms with Gasteiger partial charge >= 0.3 is 6.15 Å². The summed E-state index contributed by atoms with van der Waals surface area (Å²) in [5.41, 5.74) is 2.74. The first kappa shape index (κ1) is 29.6. The lowest BCUT2D eigenvalue weighted by molar-refractivity contribution is -0.687. The van der Waals surface area contributed by atoms with Gasteiger partial charge < -0.3 is 17.7 Å². The zero-order valence-corrected chi connectivity index (χ0v) is 22.8. The van der Waals surface area contributed by atoms with Crippen molar-refractivity contribution in [2.24, 2.45) is 0 Å². The second-order valence-electron chi connectivity index (χ2n) is 7.92. The van der Waals surface area contributed by atoms with E-state index in [1.54, 1.807) is 7.05 Å². The van der Waals surface area contributed by atoms with Crippen molar-refractivity contribution in [3.05, 3.63) is 57.2 Å². The third-order valence-electron chi connectivity index (χ3n) is 5.77. The number of carbonyl (C=O) groups excluding carboxylic acids is 2. The van der Waals surface area contributed by atoms with E-state index in [-0.39, 0.29) is 24.6 Å². The van der Waals surface area contributed by atoms with Gasteiger partial charge in [0.15, 0.2) is 0 Å². The molecule has 1 aliphatic heterocycles. The van der Waals surface area contributed by atoms with E-state index in [0.717, 1.165) is 33.4 Å². The van der Waals surface area contributed by atoms with Crippen LogP contribution in [-0.2, 0) is 19.6 Å². The number of rotatable bonds is 9. The maximum atomic E-state index is 13.3. The minimum absolute atomic E-state index is 0. The molecule has 0 radical (unpaired) electrons. The molecule has 182 valence electrons. The average molecular weight is 607 g/mol. The summed E-state index contributed by atoms with van der Waals surface area (Å²) in [7, 11) is -1.90. The Labute approximate surface area is 217 Å². The average Bonchev–Trinajstić information content (AvgIpc) is 2.84. The molecular formula is C24H32ClIN2O4S. The fourth-order valence-electron chi connectivity index (χ4n) is 4.11. The number of benzene rings is 2. The molecule has 1 aliphatic rings. The summed E-state index contributed by atoms with van der Waals surface area (Å²) in [6.45, 7) is 3.25. The highest BCUT2D eigenvalue weighted by Gasteiger charge is 2.36. The van der Waals surface area contributed by atoms with Gasteiger partial charge in [-0.25, -0.2) is 8.42 Å². The Bertz CT molecular complexity index is 1030. The Kier molecular flexibility index (Phi) is 13.2. The number of hydrogen-bond acceptors (Lipinski definition) is 4. The third-order valence-corrected chi connectivity index (χ3v) is 8.27. The van der Waals surface area contributed by atoms with E-state index in [1.807, 2.05) is 36.4 Å². The van der Waals surface area contributed by atoms with E-state index < -0.39 is 10.0 Å². The van der Waals surface area contributed by atoms with Crippen molar-refractivity contribution in [3.8, 4) is 0 Å².